The van der Waals surface area contributed by atoms with Gasteiger partial charge in [0.15, 0.2) is 0 Å². The van der Waals surface area contributed by atoms with Crippen LogP contribution in [0.1, 0.15) is 82.8 Å². The number of thiophene rings is 2. The molecule has 0 saturated heterocycles. The molecule has 0 atom stereocenters. The first-order chi connectivity index (χ1) is 25.1. The number of halogens is 2. The maximum absolute atomic E-state index is 15.6. The molecule has 0 aliphatic rings. The zero-order chi connectivity index (χ0) is 36.5. The predicted octanol–water partition coefficient (Wildman–Crippen LogP) is 13.5. The molecule has 0 N–H and O–H groups in total. The number of unbranched alkanes of at least 4 members (excludes halogenated alkanes) is 1. The minimum Gasteiger partial charge on any atom is -0.249 e. The van der Waals surface area contributed by atoms with Gasteiger partial charge in [0.25, 0.3) is 0 Å². The molecule has 0 amide bonds. The molecule has 0 aliphatic heterocycles. The molecule has 3 aromatic carbocycles. The van der Waals surface area contributed by atoms with E-state index >= 15 is 8.78 Å². The van der Waals surface area contributed by atoms with Crippen LogP contribution in [0, 0.1) is 30.4 Å². The van der Waals surface area contributed by atoms with E-state index in [1.54, 1.807) is 12.1 Å². The summed E-state index contributed by atoms with van der Waals surface area (Å²) in [6, 6.07) is 19.3. The smallest absolute Gasteiger partial charge is 0.132 e. The van der Waals surface area contributed by atoms with E-state index in [-0.39, 0.29) is 11.6 Å². The lowest BCUT2D eigenvalue weighted by Gasteiger charge is -2.13. The molecule has 9 heteroatoms. The first-order valence-corrected chi connectivity index (χ1v) is 20.7. The molecular weight excluding hydrogens is 707 g/mol. The van der Waals surface area contributed by atoms with Crippen molar-refractivity contribution < 1.29 is 8.78 Å². The Labute approximate surface area is 317 Å². The average Bonchev–Trinajstić information content (AvgIpc) is 3.90. The van der Waals surface area contributed by atoms with Crippen molar-refractivity contribution in [2.24, 2.45) is 11.8 Å². The third kappa shape index (κ3) is 7.45. The van der Waals surface area contributed by atoms with E-state index in [4.69, 9.17) is 18.7 Å². The van der Waals surface area contributed by atoms with Crippen LogP contribution in [-0.2, 0) is 19.3 Å². The summed E-state index contributed by atoms with van der Waals surface area (Å²) < 4.78 is 40.8. The van der Waals surface area contributed by atoms with Crippen molar-refractivity contribution in [3.63, 3.8) is 0 Å². The summed E-state index contributed by atoms with van der Waals surface area (Å²) in [5.41, 5.74) is 9.83. The molecule has 0 bridgehead atoms. The van der Waals surface area contributed by atoms with Gasteiger partial charge in [-0.3, -0.25) is 0 Å². The lowest BCUT2D eigenvalue weighted by molar-refractivity contribution is 0.582. The zero-order valence-electron chi connectivity index (χ0n) is 30.6. The molecule has 4 nitrogen and oxygen atoms in total. The summed E-state index contributed by atoms with van der Waals surface area (Å²) in [5, 5.41) is 0. The van der Waals surface area contributed by atoms with E-state index < -0.39 is 0 Å². The van der Waals surface area contributed by atoms with E-state index in [0.717, 1.165) is 132 Å². The van der Waals surface area contributed by atoms with Gasteiger partial charge in [-0.1, -0.05) is 65.3 Å². The fourth-order valence-electron chi connectivity index (χ4n) is 6.66. The molecule has 0 aliphatic carbocycles. The molecule has 4 aromatic heterocycles. The number of nitrogens with zero attached hydrogens (tertiary/aromatic N) is 4. The van der Waals surface area contributed by atoms with E-state index in [0.29, 0.717) is 23.0 Å². The Morgan fingerprint density at radius 2 is 1.08 bits per heavy atom. The third-order valence-electron chi connectivity index (χ3n) is 9.69. The van der Waals surface area contributed by atoms with Gasteiger partial charge < -0.3 is 0 Å². The predicted molar refractivity (Wildman–Crippen MR) is 218 cm³/mol. The molecular formula is C43H44F2N4S3. The maximum atomic E-state index is 15.6. The number of hydrogen-bond donors (Lipinski definition) is 0. The first kappa shape index (κ1) is 36.4. The summed E-state index contributed by atoms with van der Waals surface area (Å²) in [4.78, 5) is 14.1. The van der Waals surface area contributed by atoms with E-state index in [1.165, 1.54) is 22.7 Å². The highest BCUT2D eigenvalue weighted by atomic mass is 32.1. The normalized spacial score (nSPS) is 12.0. The molecule has 7 rings (SSSR count). The number of benzene rings is 3. The molecule has 7 aromatic rings. The highest BCUT2D eigenvalue weighted by Crippen LogP contribution is 2.47. The van der Waals surface area contributed by atoms with E-state index in [9.17, 15) is 0 Å². The van der Waals surface area contributed by atoms with Crippen LogP contribution in [0.25, 0.3) is 63.8 Å². The summed E-state index contributed by atoms with van der Waals surface area (Å²) in [6.45, 7) is 13.0. The Hall–Kier alpha value is -3.92. The molecule has 0 fully saturated rings. The fraction of sp³-hybridized carbons (Fsp3) is 0.349. The van der Waals surface area contributed by atoms with E-state index in [2.05, 4.69) is 34.6 Å². The van der Waals surface area contributed by atoms with Crippen LogP contribution in [-0.4, -0.2) is 18.7 Å². The van der Waals surface area contributed by atoms with Crippen LogP contribution in [0.3, 0.4) is 0 Å². The van der Waals surface area contributed by atoms with Crippen molar-refractivity contribution in [3.05, 3.63) is 94.8 Å². The van der Waals surface area contributed by atoms with Crippen LogP contribution >= 0.6 is 34.4 Å². The van der Waals surface area contributed by atoms with Crippen LogP contribution in [0.2, 0.25) is 0 Å². The van der Waals surface area contributed by atoms with Crippen LogP contribution in [0.4, 0.5) is 8.78 Å². The Kier molecular flexibility index (Phi) is 10.9. The van der Waals surface area contributed by atoms with Gasteiger partial charge in [-0.05, 0) is 105 Å². The van der Waals surface area contributed by atoms with E-state index in [1.807, 2.05) is 55.5 Å². The molecule has 268 valence electrons. The van der Waals surface area contributed by atoms with Gasteiger partial charge >= 0.3 is 0 Å². The number of fused-ring (bicyclic) bond motifs is 2. The monoisotopic (exact) mass is 750 g/mol. The van der Waals surface area contributed by atoms with Crippen molar-refractivity contribution in [2.75, 3.05) is 0 Å². The van der Waals surface area contributed by atoms with Crippen LogP contribution in [0.15, 0.2) is 60.7 Å². The Bertz CT molecular complexity index is 2370. The summed E-state index contributed by atoms with van der Waals surface area (Å²) in [6.07, 6.45) is 6.67. The van der Waals surface area contributed by atoms with Crippen molar-refractivity contribution >= 4 is 56.5 Å². The summed E-state index contributed by atoms with van der Waals surface area (Å²) in [5.74, 6) is 0.720. The number of rotatable bonds is 13. The zero-order valence-corrected chi connectivity index (χ0v) is 33.1. The van der Waals surface area contributed by atoms with Gasteiger partial charge in [0.1, 0.15) is 33.7 Å². The number of aryl methyl sites for hydroxylation is 4. The van der Waals surface area contributed by atoms with Gasteiger partial charge in [-0.25, -0.2) is 18.7 Å². The number of aromatic nitrogens is 4. The second-order valence-electron chi connectivity index (χ2n) is 14.6. The second kappa shape index (κ2) is 15.6. The fourth-order valence-corrected chi connectivity index (χ4v) is 9.38. The average molecular weight is 751 g/mol. The molecule has 0 spiro atoms. The first-order valence-electron chi connectivity index (χ1n) is 18.3. The number of hydrogen-bond acceptors (Lipinski definition) is 7. The van der Waals surface area contributed by atoms with Crippen LogP contribution in [0.5, 0.6) is 0 Å². The highest BCUT2D eigenvalue weighted by Gasteiger charge is 2.26. The highest BCUT2D eigenvalue weighted by molar-refractivity contribution is 7.19. The second-order valence-corrected chi connectivity index (χ2v) is 17.3. The standard InChI is InChI=1S/C43H44F2N4S3/c1-7-8-9-33-26(6)46-40-38(36-20-18-34(50-36)29-16-14-27(22-31(29)44)12-10-24(2)3)42-43(49-52-48-42)39(41(40)47-33)37-21-19-35(51-37)30-17-15-28(23-32(30)45)13-11-25(4)5/h14-25H,7-13H2,1-6H3. The Morgan fingerprint density at radius 1 is 0.596 bits per heavy atom. The largest absolute Gasteiger partial charge is 0.249 e. The van der Waals surface area contributed by atoms with Crippen molar-refractivity contribution in [1.82, 2.24) is 18.7 Å². The van der Waals surface area contributed by atoms with Gasteiger partial charge in [0, 0.05) is 41.8 Å². The SMILES string of the molecule is CCCCc1nc2c(-c3ccc(-c4ccc(CCC(C)C)cc4F)s3)c3nsnc3c(-c3ccc(-c4ccc(CCC(C)C)cc4F)s3)c2nc1C. The lowest BCUT2D eigenvalue weighted by atomic mass is 10.0. The molecule has 0 radical (unpaired) electrons. The van der Waals surface area contributed by atoms with Gasteiger partial charge in [-0.15, -0.1) is 22.7 Å². The summed E-state index contributed by atoms with van der Waals surface area (Å²) >= 11 is 4.24. The van der Waals surface area contributed by atoms with Gasteiger partial charge in [-0.2, -0.15) is 8.75 Å². The van der Waals surface area contributed by atoms with Crippen molar-refractivity contribution in [2.45, 2.75) is 86.5 Å². The van der Waals surface area contributed by atoms with Gasteiger partial charge in [0.05, 0.1) is 23.1 Å². The topological polar surface area (TPSA) is 51.6 Å². The van der Waals surface area contributed by atoms with Crippen LogP contribution < -0.4 is 0 Å². The lowest BCUT2D eigenvalue weighted by Crippen LogP contribution is -2.02. The maximum Gasteiger partial charge on any atom is 0.132 e. The molecule has 0 unspecified atom stereocenters. The molecule has 0 saturated carbocycles. The molecule has 52 heavy (non-hydrogen) atoms. The van der Waals surface area contributed by atoms with Crippen molar-refractivity contribution in [3.8, 4) is 41.8 Å². The third-order valence-corrected chi connectivity index (χ3v) is 12.5. The Balaban J connectivity index is 1.34. The Morgan fingerprint density at radius 3 is 1.54 bits per heavy atom. The minimum absolute atomic E-state index is 0.206. The van der Waals surface area contributed by atoms with Gasteiger partial charge in [0.2, 0.25) is 0 Å². The minimum atomic E-state index is -0.207. The quantitative estimate of drug-likeness (QED) is 0.118. The van der Waals surface area contributed by atoms with Crippen molar-refractivity contribution in [1.29, 1.82) is 0 Å². The molecule has 4 heterocycles. The summed E-state index contributed by atoms with van der Waals surface area (Å²) in [7, 11) is 0.